The van der Waals surface area contributed by atoms with Gasteiger partial charge in [0.15, 0.2) is 0 Å². The van der Waals surface area contributed by atoms with E-state index in [1.54, 1.807) is 0 Å². The number of piperidine rings is 1. The number of hydrogen-bond acceptors (Lipinski definition) is 3. The molecule has 0 aromatic heterocycles. The van der Waals surface area contributed by atoms with Gasteiger partial charge in [-0.15, -0.1) is 0 Å². The van der Waals surface area contributed by atoms with Gasteiger partial charge in [-0.3, -0.25) is 0 Å². The molecule has 0 aromatic carbocycles. The van der Waals surface area contributed by atoms with Gasteiger partial charge in [-0.05, 0) is 84.1 Å². The van der Waals surface area contributed by atoms with Crippen molar-refractivity contribution in [3.05, 3.63) is 0 Å². The Kier molecular flexibility index (Phi) is 4.78. The molecule has 3 unspecified atom stereocenters. The first-order valence-electron chi connectivity index (χ1n) is 8.49. The summed E-state index contributed by atoms with van der Waals surface area (Å²) in [6.07, 6.45) is 9.91. The maximum absolute atomic E-state index is 3.73. The molecule has 19 heavy (non-hydrogen) atoms. The standard InChI is InChI=1S/C16H31N3/c1-18-10-4-6-15(8-12-18)19-11-3-5-14(13-19)16-7-2-9-17-16/h14-17H,2-13H2,1H3. The fourth-order valence-corrected chi connectivity index (χ4v) is 4.40. The third-order valence-electron chi connectivity index (χ3n) is 5.59. The van der Waals surface area contributed by atoms with Gasteiger partial charge in [-0.2, -0.15) is 0 Å². The molecule has 0 radical (unpaired) electrons. The van der Waals surface area contributed by atoms with Crippen molar-refractivity contribution in [2.45, 2.75) is 57.0 Å². The van der Waals surface area contributed by atoms with Crippen LogP contribution in [-0.4, -0.2) is 61.7 Å². The summed E-state index contributed by atoms with van der Waals surface area (Å²) in [5.41, 5.74) is 0. The Morgan fingerprint density at radius 1 is 0.895 bits per heavy atom. The highest BCUT2D eigenvalue weighted by atomic mass is 15.2. The SMILES string of the molecule is CN1CCCC(N2CCCC(C3CCCN3)C2)CC1. The Hall–Kier alpha value is -0.120. The van der Waals surface area contributed by atoms with Crippen LogP contribution in [0.15, 0.2) is 0 Å². The van der Waals surface area contributed by atoms with Crippen LogP contribution in [0.25, 0.3) is 0 Å². The molecule has 0 bridgehead atoms. The molecule has 3 aliphatic heterocycles. The highest BCUT2D eigenvalue weighted by Crippen LogP contribution is 2.28. The number of rotatable bonds is 2. The van der Waals surface area contributed by atoms with E-state index in [1.807, 2.05) is 0 Å². The van der Waals surface area contributed by atoms with Crippen LogP contribution in [0, 0.1) is 5.92 Å². The minimum Gasteiger partial charge on any atom is -0.314 e. The zero-order valence-corrected chi connectivity index (χ0v) is 12.6. The number of nitrogens with zero attached hydrogens (tertiary/aromatic N) is 2. The third kappa shape index (κ3) is 3.50. The highest BCUT2D eigenvalue weighted by molar-refractivity contribution is 4.89. The average molecular weight is 265 g/mol. The predicted octanol–water partition coefficient (Wildman–Crippen LogP) is 1.93. The second kappa shape index (κ2) is 6.55. The lowest BCUT2D eigenvalue weighted by molar-refractivity contribution is 0.0987. The lowest BCUT2D eigenvalue weighted by Crippen LogP contribution is -2.47. The van der Waals surface area contributed by atoms with Crippen molar-refractivity contribution in [3.63, 3.8) is 0 Å². The van der Waals surface area contributed by atoms with Crippen molar-refractivity contribution in [1.29, 1.82) is 0 Å². The fourth-order valence-electron chi connectivity index (χ4n) is 4.40. The van der Waals surface area contributed by atoms with Gasteiger partial charge in [-0.1, -0.05) is 0 Å². The largest absolute Gasteiger partial charge is 0.314 e. The lowest BCUT2D eigenvalue weighted by atomic mass is 9.88. The zero-order chi connectivity index (χ0) is 13.1. The molecule has 1 N–H and O–H groups in total. The normalized spacial score (nSPS) is 39.3. The molecular formula is C16H31N3. The van der Waals surface area contributed by atoms with Crippen molar-refractivity contribution in [2.24, 2.45) is 5.92 Å². The molecule has 0 aromatic rings. The summed E-state index contributed by atoms with van der Waals surface area (Å²) in [5, 5.41) is 3.73. The molecule has 3 fully saturated rings. The molecule has 3 saturated heterocycles. The van der Waals surface area contributed by atoms with Crippen LogP contribution in [0.2, 0.25) is 0 Å². The molecule has 0 aliphatic carbocycles. The monoisotopic (exact) mass is 265 g/mol. The van der Waals surface area contributed by atoms with Gasteiger partial charge < -0.3 is 15.1 Å². The Bertz CT molecular complexity index is 275. The predicted molar refractivity (Wildman–Crippen MR) is 80.5 cm³/mol. The number of hydrogen-bond donors (Lipinski definition) is 1. The Morgan fingerprint density at radius 2 is 1.79 bits per heavy atom. The van der Waals surface area contributed by atoms with Crippen molar-refractivity contribution < 1.29 is 0 Å². The molecular weight excluding hydrogens is 234 g/mol. The van der Waals surface area contributed by atoms with Crippen LogP contribution >= 0.6 is 0 Å². The minimum atomic E-state index is 0.830. The molecule has 3 heteroatoms. The van der Waals surface area contributed by atoms with E-state index in [4.69, 9.17) is 0 Å². The summed E-state index contributed by atoms with van der Waals surface area (Å²) in [7, 11) is 2.28. The van der Waals surface area contributed by atoms with E-state index < -0.39 is 0 Å². The van der Waals surface area contributed by atoms with Gasteiger partial charge in [-0.25, -0.2) is 0 Å². The lowest BCUT2D eigenvalue weighted by Gasteiger charge is -2.40. The summed E-state index contributed by atoms with van der Waals surface area (Å²) < 4.78 is 0. The number of nitrogens with one attached hydrogen (secondary N) is 1. The summed E-state index contributed by atoms with van der Waals surface area (Å²) in [6, 6.07) is 1.70. The first-order valence-corrected chi connectivity index (χ1v) is 8.49. The fraction of sp³-hybridized carbons (Fsp3) is 1.00. The summed E-state index contributed by atoms with van der Waals surface area (Å²) >= 11 is 0. The molecule has 0 saturated carbocycles. The van der Waals surface area contributed by atoms with Gasteiger partial charge in [0.2, 0.25) is 0 Å². The van der Waals surface area contributed by atoms with E-state index in [1.165, 1.54) is 77.7 Å². The molecule has 0 amide bonds. The van der Waals surface area contributed by atoms with Crippen LogP contribution in [0.1, 0.15) is 44.9 Å². The van der Waals surface area contributed by atoms with Crippen molar-refractivity contribution >= 4 is 0 Å². The van der Waals surface area contributed by atoms with E-state index in [-0.39, 0.29) is 0 Å². The molecule has 3 aliphatic rings. The smallest absolute Gasteiger partial charge is 0.0108 e. The van der Waals surface area contributed by atoms with E-state index in [0.29, 0.717) is 0 Å². The first kappa shape index (κ1) is 13.8. The molecule has 3 rings (SSSR count). The Morgan fingerprint density at radius 3 is 2.63 bits per heavy atom. The van der Waals surface area contributed by atoms with Crippen LogP contribution in [0.4, 0.5) is 0 Å². The van der Waals surface area contributed by atoms with Gasteiger partial charge in [0.1, 0.15) is 0 Å². The Labute approximate surface area is 118 Å². The van der Waals surface area contributed by atoms with Crippen molar-refractivity contribution in [1.82, 2.24) is 15.1 Å². The number of likely N-dealkylation sites (tertiary alicyclic amines) is 2. The average Bonchev–Trinajstić information content (AvgIpc) is 2.89. The van der Waals surface area contributed by atoms with Crippen LogP contribution < -0.4 is 5.32 Å². The van der Waals surface area contributed by atoms with Crippen molar-refractivity contribution in [3.8, 4) is 0 Å². The molecule has 110 valence electrons. The van der Waals surface area contributed by atoms with Gasteiger partial charge in [0.25, 0.3) is 0 Å². The second-order valence-corrected chi connectivity index (χ2v) is 6.99. The maximum Gasteiger partial charge on any atom is 0.0108 e. The Balaban J connectivity index is 1.54. The second-order valence-electron chi connectivity index (χ2n) is 6.99. The molecule has 3 heterocycles. The van der Waals surface area contributed by atoms with E-state index in [9.17, 15) is 0 Å². The van der Waals surface area contributed by atoms with Crippen LogP contribution in [0.5, 0.6) is 0 Å². The van der Waals surface area contributed by atoms with E-state index >= 15 is 0 Å². The van der Waals surface area contributed by atoms with Crippen molar-refractivity contribution in [2.75, 3.05) is 39.8 Å². The van der Waals surface area contributed by atoms with Gasteiger partial charge >= 0.3 is 0 Å². The quantitative estimate of drug-likeness (QED) is 0.823. The van der Waals surface area contributed by atoms with E-state index in [2.05, 4.69) is 22.2 Å². The summed E-state index contributed by atoms with van der Waals surface area (Å²) in [6.45, 7) is 6.59. The molecule has 3 atom stereocenters. The summed E-state index contributed by atoms with van der Waals surface area (Å²) in [5.74, 6) is 0.928. The van der Waals surface area contributed by atoms with Crippen LogP contribution in [0.3, 0.4) is 0 Å². The van der Waals surface area contributed by atoms with E-state index in [0.717, 1.165) is 18.0 Å². The highest BCUT2D eigenvalue weighted by Gasteiger charge is 2.32. The van der Waals surface area contributed by atoms with Crippen LogP contribution in [-0.2, 0) is 0 Å². The third-order valence-corrected chi connectivity index (χ3v) is 5.59. The zero-order valence-electron chi connectivity index (χ0n) is 12.6. The van der Waals surface area contributed by atoms with Gasteiger partial charge in [0, 0.05) is 18.6 Å². The molecule has 0 spiro atoms. The first-order chi connectivity index (χ1) is 9.33. The minimum absolute atomic E-state index is 0.830. The summed E-state index contributed by atoms with van der Waals surface area (Å²) in [4.78, 5) is 5.35. The topological polar surface area (TPSA) is 18.5 Å². The van der Waals surface area contributed by atoms with Gasteiger partial charge in [0.05, 0.1) is 0 Å². The molecule has 3 nitrogen and oxygen atoms in total. The maximum atomic E-state index is 3.73.